The predicted octanol–water partition coefficient (Wildman–Crippen LogP) is 2.23. The lowest BCUT2D eigenvalue weighted by Gasteiger charge is -2.25. The average molecular weight is 353 g/mol. The molecule has 0 aromatic carbocycles. The van der Waals surface area contributed by atoms with Crippen LogP contribution in [0, 0.1) is 0 Å². The number of rotatable bonds is 4. The Morgan fingerprint density at radius 1 is 1.61 bits per heavy atom. The highest BCUT2D eigenvalue weighted by Crippen LogP contribution is 2.30. The third-order valence-corrected chi connectivity index (χ3v) is 7.84. The van der Waals surface area contributed by atoms with Crippen molar-refractivity contribution in [1.82, 2.24) is 9.21 Å². The van der Waals surface area contributed by atoms with Crippen LogP contribution in [-0.4, -0.2) is 50.8 Å². The fourth-order valence-electron chi connectivity index (χ4n) is 2.21. The number of hydrogen-bond donors (Lipinski definition) is 0. The molecular weight excluding hydrogens is 336 g/mol. The van der Waals surface area contributed by atoms with Crippen LogP contribution < -0.4 is 0 Å². The minimum Gasteiger partial charge on any atom is -0.302 e. The summed E-state index contributed by atoms with van der Waals surface area (Å²) in [5.41, 5.74) is 0. The average Bonchev–Trinajstić information content (AvgIpc) is 2.88. The maximum Gasteiger partial charge on any atom is 0.253 e. The van der Waals surface area contributed by atoms with Crippen LogP contribution in [0.2, 0.25) is 0 Å². The zero-order chi connectivity index (χ0) is 13.3. The maximum absolute atomic E-state index is 12.4. The van der Waals surface area contributed by atoms with E-state index in [0.29, 0.717) is 21.3 Å². The van der Waals surface area contributed by atoms with Crippen molar-refractivity contribution in [2.45, 2.75) is 23.1 Å². The van der Waals surface area contributed by atoms with Crippen molar-refractivity contribution in [3.63, 3.8) is 0 Å². The van der Waals surface area contributed by atoms with Crippen LogP contribution in [0.5, 0.6) is 0 Å². The Hall–Kier alpha value is 0.0500. The molecule has 7 heteroatoms. The van der Waals surface area contributed by atoms with Crippen LogP contribution in [0.25, 0.3) is 0 Å². The van der Waals surface area contributed by atoms with Gasteiger partial charge in [0.15, 0.2) is 0 Å². The minimum absolute atomic E-state index is 0.337. The van der Waals surface area contributed by atoms with E-state index in [1.54, 1.807) is 18.5 Å². The van der Waals surface area contributed by atoms with E-state index in [1.807, 2.05) is 0 Å². The predicted molar refractivity (Wildman–Crippen MR) is 77.5 cm³/mol. The molecule has 0 radical (unpaired) electrons. The van der Waals surface area contributed by atoms with Gasteiger partial charge in [0.1, 0.15) is 4.21 Å². The number of nitrogens with zero attached hydrogens (tertiary/aromatic N) is 2. The van der Waals surface area contributed by atoms with Crippen LogP contribution in [-0.2, 0) is 10.0 Å². The molecule has 0 saturated carbocycles. The van der Waals surface area contributed by atoms with E-state index in [-0.39, 0.29) is 0 Å². The summed E-state index contributed by atoms with van der Waals surface area (Å²) in [4.78, 5) is 2.23. The Balaban J connectivity index is 2.13. The van der Waals surface area contributed by atoms with E-state index in [2.05, 4.69) is 27.9 Å². The molecule has 0 bridgehead atoms. The van der Waals surface area contributed by atoms with Gasteiger partial charge in [-0.3, -0.25) is 0 Å². The number of likely N-dealkylation sites (N-methyl/N-ethyl adjacent to an activating group) is 2. The van der Waals surface area contributed by atoms with Gasteiger partial charge in [0, 0.05) is 24.1 Å². The molecule has 4 nitrogen and oxygen atoms in total. The lowest BCUT2D eigenvalue weighted by atomic mass is 10.2. The largest absolute Gasteiger partial charge is 0.302 e. The van der Waals surface area contributed by atoms with Crippen molar-refractivity contribution < 1.29 is 8.42 Å². The van der Waals surface area contributed by atoms with Crippen molar-refractivity contribution in [2.75, 3.05) is 27.2 Å². The van der Waals surface area contributed by atoms with Crippen LogP contribution in [0.3, 0.4) is 0 Å². The quantitative estimate of drug-likeness (QED) is 0.834. The number of hydrogen-bond acceptors (Lipinski definition) is 4. The molecule has 1 aliphatic heterocycles. The lowest BCUT2D eigenvalue weighted by molar-refractivity contribution is 0.271. The Bertz CT molecular complexity index is 515. The molecule has 1 saturated heterocycles. The van der Waals surface area contributed by atoms with Gasteiger partial charge in [-0.1, -0.05) is 0 Å². The Morgan fingerprint density at radius 2 is 2.33 bits per heavy atom. The molecule has 1 fully saturated rings. The molecule has 1 atom stereocenters. The molecule has 18 heavy (non-hydrogen) atoms. The van der Waals surface area contributed by atoms with E-state index in [4.69, 9.17) is 0 Å². The second-order valence-corrected chi connectivity index (χ2v) is 8.63. The first-order valence-corrected chi connectivity index (χ1v) is 8.94. The molecule has 0 N–H and O–H groups in total. The molecular formula is C11H17BrN2O2S2. The fourth-order valence-corrected chi connectivity index (χ4v) is 5.92. The first-order valence-electron chi connectivity index (χ1n) is 5.82. The van der Waals surface area contributed by atoms with Gasteiger partial charge in [0.2, 0.25) is 0 Å². The smallest absolute Gasteiger partial charge is 0.253 e. The van der Waals surface area contributed by atoms with Gasteiger partial charge in [-0.05, 0) is 53.8 Å². The molecule has 1 aromatic heterocycles. The molecule has 0 amide bonds. The summed E-state index contributed by atoms with van der Waals surface area (Å²) in [6.07, 6.45) is 2.22. The third kappa shape index (κ3) is 2.80. The first kappa shape index (κ1) is 14.5. The minimum atomic E-state index is -3.36. The van der Waals surface area contributed by atoms with Crippen LogP contribution >= 0.6 is 27.3 Å². The Morgan fingerprint density at radius 3 is 2.83 bits per heavy atom. The van der Waals surface area contributed by atoms with Crippen molar-refractivity contribution in [3.05, 3.63) is 15.9 Å². The molecule has 2 rings (SSSR count). The topological polar surface area (TPSA) is 40.6 Å². The number of likely N-dealkylation sites (tertiary alicyclic amines) is 1. The third-order valence-electron chi connectivity index (χ3n) is 3.37. The van der Waals surface area contributed by atoms with Crippen molar-refractivity contribution in [3.8, 4) is 0 Å². The number of thiophene rings is 1. The highest BCUT2D eigenvalue weighted by molar-refractivity contribution is 9.10. The van der Waals surface area contributed by atoms with E-state index in [0.717, 1.165) is 19.4 Å². The van der Waals surface area contributed by atoms with Crippen LogP contribution in [0.1, 0.15) is 12.8 Å². The zero-order valence-electron chi connectivity index (χ0n) is 10.5. The Labute approximate surface area is 121 Å². The molecule has 102 valence electrons. The summed E-state index contributed by atoms with van der Waals surface area (Å²) in [6.45, 7) is 1.62. The molecule has 0 spiro atoms. The first-order chi connectivity index (χ1) is 8.43. The summed E-state index contributed by atoms with van der Waals surface area (Å²) >= 11 is 4.54. The highest BCUT2D eigenvalue weighted by Gasteiger charge is 2.29. The lowest BCUT2D eigenvalue weighted by Crippen LogP contribution is -2.39. The molecule has 1 aromatic rings. The summed E-state index contributed by atoms with van der Waals surface area (Å²) < 4.78 is 27.3. The van der Waals surface area contributed by atoms with Gasteiger partial charge < -0.3 is 4.90 Å². The van der Waals surface area contributed by atoms with E-state index in [9.17, 15) is 8.42 Å². The monoisotopic (exact) mass is 352 g/mol. The normalized spacial score (nSPS) is 21.9. The summed E-state index contributed by atoms with van der Waals surface area (Å²) in [7, 11) is 0.356. The van der Waals surface area contributed by atoms with Crippen LogP contribution in [0.15, 0.2) is 20.1 Å². The van der Waals surface area contributed by atoms with Gasteiger partial charge in [0.05, 0.1) is 0 Å². The van der Waals surface area contributed by atoms with Gasteiger partial charge in [-0.15, -0.1) is 11.3 Å². The van der Waals surface area contributed by atoms with Gasteiger partial charge in [-0.2, -0.15) is 4.31 Å². The van der Waals surface area contributed by atoms with Crippen molar-refractivity contribution >= 4 is 37.3 Å². The van der Waals surface area contributed by atoms with Crippen molar-refractivity contribution in [2.24, 2.45) is 0 Å². The standard InChI is InChI=1S/C11H17BrN2O2S2/c1-13-6-3-4-9(13)8-14(2)18(15,16)11-10(12)5-7-17-11/h5,7,9H,3-4,6,8H2,1-2H3. The van der Waals surface area contributed by atoms with Crippen molar-refractivity contribution in [1.29, 1.82) is 0 Å². The zero-order valence-corrected chi connectivity index (χ0v) is 13.7. The summed E-state index contributed by atoms with van der Waals surface area (Å²) in [5, 5.41) is 1.78. The molecule has 0 aliphatic carbocycles. The summed E-state index contributed by atoms with van der Waals surface area (Å²) in [5.74, 6) is 0. The fraction of sp³-hybridized carbons (Fsp3) is 0.636. The van der Waals surface area contributed by atoms with Gasteiger partial charge in [-0.25, -0.2) is 8.42 Å². The van der Waals surface area contributed by atoms with Gasteiger partial charge in [0.25, 0.3) is 10.0 Å². The van der Waals surface area contributed by atoms with E-state index >= 15 is 0 Å². The molecule has 1 unspecified atom stereocenters. The second-order valence-electron chi connectivity index (χ2n) is 4.62. The van der Waals surface area contributed by atoms with E-state index < -0.39 is 10.0 Å². The SMILES string of the molecule is CN1CCCC1CN(C)S(=O)(=O)c1sccc1Br. The second kappa shape index (κ2) is 5.58. The van der Waals surface area contributed by atoms with Crippen LogP contribution in [0.4, 0.5) is 0 Å². The molecule has 1 aliphatic rings. The van der Waals surface area contributed by atoms with Gasteiger partial charge >= 0.3 is 0 Å². The number of halogens is 1. The Kier molecular flexibility index (Phi) is 4.48. The number of sulfonamides is 1. The molecule has 2 heterocycles. The maximum atomic E-state index is 12.4. The highest BCUT2D eigenvalue weighted by atomic mass is 79.9. The summed E-state index contributed by atoms with van der Waals surface area (Å²) in [6, 6.07) is 2.11. The van der Waals surface area contributed by atoms with E-state index in [1.165, 1.54) is 15.6 Å².